The lowest BCUT2D eigenvalue weighted by Crippen LogP contribution is -1.94. The Morgan fingerprint density at radius 2 is 0.571 bits per heavy atom. The lowest BCUT2D eigenvalue weighted by Gasteiger charge is -2.06. The highest BCUT2D eigenvalue weighted by Gasteiger charge is 2.10. The van der Waals surface area contributed by atoms with Crippen LogP contribution in [0.1, 0.15) is 38.9 Å². The van der Waals surface area contributed by atoms with Crippen molar-refractivity contribution in [3.63, 3.8) is 0 Å². The van der Waals surface area contributed by atoms with Crippen molar-refractivity contribution >= 4 is 0 Å². The predicted molar refractivity (Wildman–Crippen MR) is 220 cm³/mol. The molecule has 8 aromatic rings. The van der Waals surface area contributed by atoms with Gasteiger partial charge >= 0.3 is 0 Å². The molecule has 0 saturated carbocycles. The molecule has 0 aliphatic rings. The first-order chi connectivity index (χ1) is 27.6. The van der Waals surface area contributed by atoms with Gasteiger partial charge in [-0.25, -0.2) is 9.97 Å². The van der Waals surface area contributed by atoms with Gasteiger partial charge in [-0.05, 0) is 115 Å². The molecule has 0 aliphatic heterocycles. The van der Waals surface area contributed by atoms with Gasteiger partial charge in [0, 0.05) is 63.7 Å². The summed E-state index contributed by atoms with van der Waals surface area (Å²) in [6, 6.07) is 44.2. The molecule has 0 atom stereocenters. The van der Waals surface area contributed by atoms with E-state index in [2.05, 4.69) is 61.4 Å². The van der Waals surface area contributed by atoms with E-state index in [1.807, 2.05) is 140 Å². The lowest BCUT2D eigenvalue weighted by molar-refractivity contribution is 1.21. The van der Waals surface area contributed by atoms with E-state index < -0.39 is 0 Å². The summed E-state index contributed by atoms with van der Waals surface area (Å²) in [5.74, 6) is 22.7. The second-order valence-electron chi connectivity index (χ2n) is 12.4. The van der Waals surface area contributed by atoms with Crippen LogP contribution >= 0.6 is 0 Å². The van der Waals surface area contributed by atoms with E-state index in [0.717, 1.165) is 61.7 Å². The number of terminal acetylenes is 1. The maximum atomic E-state index is 5.56. The minimum Gasteiger partial charge on any atom is -0.255 e. The fraction of sp³-hybridized carbons (Fsp3) is 0. The molecule has 0 radical (unpaired) electrons. The monoisotopic (exact) mass is 712 g/mol. The van der Waals surface area contributed by atoms with Crippen LogP contribution in [0.2, 0.25) is 0 Å². The summed E-state index contributed by atoms with van der Waals surface area (Å²) in [6.07, 6.45) is 12.6. The zero-order valence-electron chi connectivity index (χ0n) is 29.8. The van der Waals surface area contributed by atoms with Crippen LogP contribution in [0.5, 0.6) is 0 Å². The van der Waals surface area contributed by atoms with Crippen molar-refractivity contribution in [2.75, 3.05) is 0 Å². The number of hydrogen-bond donors (Lipinski definition) is 0. The van der Waals surface area contributed by atoms with E-state index in [1.165, 1.54) is 0 Å². The van der Waals surface area contributed by atoms with Crippen LogP contribution < -0.4 is 0 Å². The lowest BCUT2D eigenvalue weighted by atomic mass is 10.0. The van der Waals surface area contributed by atoms with Gasteiger partial charge in [0.2, 0.25) is 0 Å². The highest BCUT2D eigenvalue weighted by atomic mass is 14.8. The predicted octanol–water partition coefficient (Wildman–Crippen LogP) is 8.91. The largest absolute Gasteiger partial charge is 0.255 e. The van der Waals surface area contributed by atoms with Gasteiger partial charge in [-0.2, -0.15) is 0 Å². The summed E-state index contributed by atoms with van der Waals surface area (Å²) >= 11 is 0. The van der Waals surface area contributed by atoms with Crippen LogP contribution in [0.25, 0.3) is 45.6 Å². The zero-order chi connectivity index (χ0) is 37.9. The average molecular weight is 713 g/mol. The van der Waals surface area contributed by atoms with Gasteiger partial charge in [0.15, 0.2) is 0 Å². The summed E-state index contributed by atoms with van der Waals surface area (Å²) < 4.78 is 0. The van der Waals surface area contributed by atoms with E-state index in [9.17, 15) is 0 Å². The Morgan fingerprint density at radius 3 is 0.857 bits per heavy atom. The Labute approximate surface area is 325 Å². The molecule has 258 valence electrons. The van der Waals surface area contributed by atoms with Crippen molar-refractivity contribution in [2.24, 2.45) is 0 Å². The molecule has 0 unspecified atom stereocenters. The molecule has 6 nitrogen and oxygen atoms in total. The highest BCUT2D eigenvalue weighted by molar-refractivity contribution is 5.68. The van der Waals surface area contributed by atoms with E-state index >= 15 is 0 Å². The molecule has 0 saturated heterocycles. The Balaban J connectivity index is 1.22. The van der Waals surface area contributed by atoms with Crippen molar-refractivity contribution in [3.8, 4) is 93.4 Å². The van der Waals surface area contributed by atoms with Crippen LogP contribution in [0.3, 0.4) is 0 Å². The molecule has 0 fully saturated rings. The summed E-state index contributed by atoms with van der Waals surface area (Å²) in [7, 11) is 0. The van der Waals surface area contributed by atoms with Crippen LogP contribution in [-0.4, -0.2) is 29.9 Å². The number of nitrogens with zero attached hydrogens (tertiary/aromatic N) is 6. The van der Waals surface area contributed by atoms with Crippen LogP contribution in [0, 0.1) is 47.9 Å². The smallest absolute Gasteiger partial charge is 0.0906 e. The number of rotatable bonds is 4. The Morgan fingerprint density at radius 1 is 0.286 bits per heavy atom. The summed E-state index contributed by atoms with van der Waals surface area (Å²) in [5, 5.41) is 0. The quantitative estimate of drug-likeness (QED) is 0.170. The first-order valence-corrected chi connectivity index (χ1v) is 17.6. The number of aromatic nitrogens is 6. The van der Waals surface area contributed by atoms with E-state index in [0.29, 0.717) is 22.8 Å². The van der Waals surface area contributed by atoms with Crippen molar-refractivity contribution in [1.82, 2.24) is 29.9 Å². The SMILES string of the molecule is C#Cc1ccc(C#Cc2cc(C#Cc3cc(-c4ccccn4)nc(-c4ccccn4)c3)cc(C#Cc3cc(-c4ccccn4)nc(-c4ccccn4)c3)c2)cc1. The molecule has 6 aromatic heterocycles. The molecule has 8 rings (SSSR count). The van der Waals surface area contributed by atoms with Crippen molar-refractivity contribution in [2.45, 2.75) is 0 Å². The molecule has 0 amide bonds. The third-order valence-electron chi connectivity index (χ3n) is 8.40. The van der Waals surface area contributed by atoms with Crippen LogP contribution in [0.15, 0.2) is 164 Å². The second kappa shape index (κ2) is 16.5. The Bertz CT molecular complexity index is 2630. The summed E-state index contributed by atoms with van der Waals surface area (Å²) in [5.41, 5.74) is 11.2. The van der Waals surface area contributed by atoms with Gasteiger partial charge in [-0.15, -0.1) is 6.42 Å². The van der Waals surface area contributed by atoms with E-state index in [-0.39, 0.29) is 0 Å². The first-order valence-electron chi connectivity index (χ1n) is 17.6. The third kappa shape index (κ3) is 8.61. The first kappa shape index (κ1) is 34.7. The topological polar surface area (TPSA) is 77.3 Å². The van der Waals surface area contributed by atoms with Gasteiger partial charge in [0.25, 0.3) is 0 Å². The molecule has 0 spiro atoms. The van der Waals surface area contributed by atoms with E-state index in [1.54, 1.807) is 24.8 Å². The minimum absolute atomic E-state index is 0.701. The van der Waals surface area contributed by atoms with E-state index in [4.69, 9.17) is 16.4 Å². The molecule has 0 N–H and O–H groups in total. The normalized spacial score (nSPS) is 10.1. The number of pyridine rings is 6. The molecule has 6 heterocycles. The second-order valence-corrected chi connectivity index (χ2v) is 12.4. The Hall–Kier alpha value is -8.42. The van der Waals surface area contributed by atoms with Gasteiger partial charge in [0.05, 0.1) is 45.6 Å². The van der Waals surface area contributed by atoms with Gasteiger partial charge in [-0.3, -0.25) is 19.9 Å². The molecular formula is C50H28N6. The van der Waals surface area contributed by atoms with Gasteiger partial charge in [-0.1, -0.05) is 65.7 Å². The van der Waals surface area contributed by atoms with Crippen LogP contribution in [-0.2, 0) is 0 Å². The molecule has 6 heteroatoms. The molecule has 0 aliphatic carbocycles. The van der Waals surface area contributed by atoms with Crippen molar-refractivity contribution in [1.29, 1.82) is 0 Å². The number of hydrogen-bond acceptors (Lipinski definition) is 6. The number of benzene rings is 2. The minimum atomic E-state index is 0.701. The molecule has 2 aromatic carbocycles. The summed E-state index contributed by atoms with van der Waals surface area (Å²) in [4.78, 5) is 27.9. The standard InChI is InChI=1S/C50H28N6/c1-2-36-15-17-37(18-16-36)19-20-38-29-39(21-23-41-32-47(43-11-3-7-25-51-43)55-48(33-41)44-12-4-8-26-52-44)31-40(30-38)22-24-42-34-49(45-13-5-9-27-53-45)56-50(35-42)46-14-6-10-28-54-46/h1,3-18,25-35H. The van der Waals surface area contributed by atoms with Crippen molar-refractivity contribution < 1.29 is 0 Å². The molecule has 56 heavy (non-hydrogen) atoms. The van der Waals surface area contributed by atoms with Crippen molar-refractivity contribution in [3.05, 3.63) is 203 Å². The zero-order valence-corrected chi connectivity index (χ0v) is 29.8. The van der Waals surface area contributed by atoms with Gasteiger partial charge < -0.3 is 0 Å². The highest BCUT2D eigenvalue weighted by Crippen LogP contribution is 2.24. The fourth-order valence-corrected chi connectivity index (χ4v) is 5.71. The maximum Gasteiger partial charge on any atom is 0.0906 e. The fourth-order valence-electron chi connectivity index (χ4n) is 5.71. The Kier molecular flexibility index (Phi) is 10.2. The summed E-state index contributed by atoms with van der Waals surface area (Å²) in [6.45, 7) is 0. The third-order valence-corrected chi connectivity index (χ3v) is 8.40. The average Bonchev–Trinajstić information content (AvgIpc) is 3.28. The molecule has 0 bridgehead atoms. The maximum absolute atomic E-state index is 5.56. The van der Waals surface area contributed by atoms with Gasteiger partial charge in [0.1, 0.15) is 0 Å². The molecular weight excluding hydrogens is 685 g/mol. The van der Waals surface area contributed by atoms with Crippen LogP contribution in [0.4, 0.5) is 0 Å².